The quantitative estimate of drug-likeness (QED) is 0.686. The predicted octanol–water partition coefficient (Wildman–Crippen LogP) is 3.48. The molecule has 0 fully saturated rings. The van der Waals surface area contributed by atoms with E-state index in [0.717, 1.165) is 5.56 Å². The zero-order valence-electron chi connectivity index (χ0n) is 11.6. The van der Waals surface area contributed by atoms with Crippen molar-refractivity contribution < 1.29 is 14.8 Å². The van der Waals surface area contributed by atoms with Crippen LogP contribution >= 0.6 is 0 Å². The minimum atomic E-state index is -1.10. The molecule has 0 radical (unpaired) electrons. The van der Waals surface area contributed by atoms with Gasteiger partial charge in [0.25, 0.3) is 5.69 Å². The highest BCUT2D eigenvalue weighted by atomic mass is 16.6. The zero-order valence-corrected chi connectivity index (χ0v) is 11.6. The molecule has 1 N–H and O–H groups in total. The van der Waals surface area contributed by atoms with E-state index in [1.54, 1.807) is 24.3 Å². The summed E-state index contributed by atoms with van der Waals surface area (Å²) in [5.74, 6) is -0.941. The van der Waals surface area contributed by atoms with Crippen LogP contribution in [-0.4, -0.2) is 21.0 Å². The third-order valence-electron chi connectivity index (χ3n) is 3.11. The summed E-state index contributed by atoms with van der Waals surface area (Å²) in [5, 5.41) is 19.8. The van der Waals surface area contributed by atoms with Crippen molar-refractivity contribution in [1.82, 2.24) is 4.98 Å². The van der Waals surface area contributed by atoms with Gasteiger partial charge in [-0.1, -0.05) is 13.8 Å². The first-order valence-electron chi connectivity index (χ1n) is 6.38. The summed E-state index contributed by atoms with van der Waals surface area (Å²) in [6, 6.07) is 9.23. The maximum atomic E-state index is 11.2. The number of pyridine rings is 1. The van der Waals surface area contributed by atoms with Crippen molar-refractivity contribution in [3.05, 3.63) is 57.8 Å². The Morgan fingerprint density at radius 3 is 2.33 bits per heavy atom. The van der Waals surface area contributed by atoms with E-state index < -0.39 is 10.9 Å². The van der Waals surface area contributed by atoms with Gasteiger partial charge in [-0.05, 0) is 35.7 Å². The van der Waals surface area contributed by atoms with Gasteiger partial charge in [-0.25, -0.2) is 9.78 Å². The van der Waals surface area contributed by atoms with Gasteiger partial charge < -0.3 is 5.11 Å². The molecule has 6 nitrogen and oxygen atoms in total. The van der Waals surface area contributed by atoms with Crippen LogP contribution < -0.4 is 0 Å². The molecule has 21 heavy (non-hydrogen) atoms. The average molecular weight is 286 g/mol. The van der Waals surface area contributed by atoms with Crippen LogP contribution in [-0.2, 0) is 0 Å². The molecule has 1 heterocycles. The molecule has 0 aliphatic rings. The lowest BCUT2D eigenvalue weighted by Gasteiger charge is -2.09. The van der Waals surface area contributed by atoms with Gasteiger partial charge in [-0.3, -0.25) is 10.1 Å². The molecule has 1 aromatic carbocycles. The van der Waals surface area contributed by atoms with Crippen LogP contribution in [0.25, 0.3) is 11.3 Å². The number of aromatic carboxylic acids is 1. The lowest BCUT2D eigenvalue weighted by Crippen LogP contribution is -2.04. The van der Waals surface area contributed by atoms with Crippen molar-refractivity contribution in [1.29, 1.82) is 0 Å². The number of benzene rings is 1. The number of rotatable bonds is 4. The molecule has 0 bridgehead atoms. The van der Waals surface area contributed by atoms with E-state index in [1.165, 1.54) is 12.1 Å². The number of aromatic nitrogens is 1. The van der Waals surface area contributed by atoms with Crippen molar-refractivity contribution in [2.75, 3.05) is 0 Å². The number of hydrogen-bond donors (Lipinski definition) is 1. The van der Waals surface area contributed by atoms with E-state index in [-0.39, 0.29) is 17.3 Å². The number of nitro benzene ring substituents is 1. The third kappa shape index (κ3) is 3.22. The van der Waals surface area contributed by atoms with E-state index in [0.29, 0.717) is 11.3 Å². The number of carboxylic acid groups (broad SMARTS) is 1. The summed E-state index contributed by atoms with van der Waals surface area (Å²) in [7, 11) is 0. The molecule has 0 unspecified atom stereocenters. The van der Waals surface area contributed by atoms with E-state index in [2.05, 4.69) is 4.98 Å². The number of non-ortho nitro benzene ring substituents is 1. The second-order valence-electron chi connectivity index (χ2n) is 4.93. The molecule has 0 atom stereocenters. The summed E-state index contributed by atoms with van der Waals surface area (Å²) in [6.07, 6.45) is 0. The number of carboxylic acids is 1. The van der Waals surface area contributed by atoms with Gasteiger partial charge in [-0.2, -0.15) is 0 Å². The van der Waals surface area contributed by atoms with E-state index in [1.807, 2.05) is 13.8 Å². The van der Waals surface area contributed by atoms with Gasteiger partial charge in [0.15, 0.2) is 0 Å². The molecule has 0 saturated carbocycles. The molecule has 0 saturated heterocycles. The molecule has 0 aliphatic carbocycles. The highest BCUT2D eigenvalue weighted by molar-refractivity contribution is 5.86. The first kappa shape index (κ1) is 14.6. The van der Waals surface area contributed by atoms with Crippen molar-refractivity contribution in [2.45, 2.75) is 19.8 Å². The van der Waals surface area contributed by atoms with Gasteiger partial charge >= 0.3 is 5.97 Å². The Morgan fingerprint density at radius 2 is 1.86 bits per heavy atom. The SMILES string of the molecule is CC(C)c1cc(C(=O)O)nc(-c2ccc([N+](=O)[O-])cc2)c1. The minimum absolute atomic E-state index is 0.0165. The smallest absolute Gasteiger partial charge is 0.354 e. The highest BCUT2D eigenvalue weighted by Gasteiger charge is 2.13. The van der Waals surface area contributed by atoms with Crippen molar-refractivity contribution in [2.24, 2.45) is 0 Å². The third-order valence-corrected chi connectivity index (χ3v) is 3.11. The Bertz CT molecular complexity index is 693. The Balaban J connectivity index is 2.51. The minimum Gasteiger partial charge on any atom is -0.477 e. The summed E-state index contributed by atoms with van der Waals surface area (Å²) in [5.41, 5.74) is 1.95. The Labute approximate surface area is 121 Å². The van der Waals surface area contributed by atoms with Gasteiger partial charge in [0.1, 0.15) is 5.69 Å². The first-order valence-corrected chi connectivity index (χ1v) is 6.38. The van der Waals surface area contributed by atoms with Crippen LogP contribution in [0, 0.1) is 10.1 Å². The molecule has 2 aromatic rings. The van der Waals surface area contributed by atoms with Crippen LogP contribution in [0.4, 0.5) is 5.69 Å². The molecular formula is C15H14N2O4. The molecule has 6 heteroatoms. The number of nitro groups is 1. The van der Waals surface area contributed by atoms with Crippen molar-refractivity contribution in [3.63, 3.8) is 0 Å². The van der Waals surface area contributed by atoms with E-state index in [4.69, 9.17) is 5.11 Å². The number of carbonyl (C=O) groups is 1. The van der Waals surface area contributed by atoms with Gasteiger partial charge in [0.2, 0.25) is 0 Å². The fourth-order valence-electron chi connectivity index (χ4n) is 1.90. The maximum Gasteiger partial charge on any atom is 0.354 e. The fourth-order valence-corrected chi connectivity index (χ4v) is 1.90. The fraction of sp³-hybridized carbons (Fsp3) is 0.200. The standard InChI is InChI=1S/C15H14N2O4/c1-9(2)11-7-13(16-14(8-11)15(18)19)10-3-5-12(6-4-10)17(20)21/h3-9H,1-2H3,(H,18,19). The summed E-state index contributed by atoms with van der Waals surface area (Å²) >= 11 is 0. The normalized spacial score (nSPS) is 10.6. The van der Waals surface area contributed by atoms with E-state index in [9.17, 15) is 14.9 Å². The Kier molecular flexibility index (Phi) is 3.98. The number of hydrogen-bond acceptors (Lipinski definition) is 4. The summed E-state index contributed by atoms with van der Waals surface area (Å²) in [6.45, 7) is 3.92. The second-order valence-corrected chi connectivity index (χ2v) is 4.93. The van der Waals surface area contributed by atoms with Crippen LogP contribution in [0.1, 0.15) is 35.8 Å². The van der Waals surface area contributed by atoms with Crippen LogP contribution in [0.3, 0.4) is 0 Å². The van der Waals surface area contributed by atoms with Crippen LogP contribution in [0.15, 0.2) is 36.4 Å². The second kappa shape index (κ2) is 5.70. The molecular weight excluding hydrogens is 272 g/mol. The van der Waals surface area contributed by atoms with Gasteiger partial charge in [0, 0.05) is 17.7 Å². The van der Waals surface area contributed by atoms with Crippen molar-refractivity contribution in [3.8, 4) is 11.3 Å². The van der Waals surface area contributed by atoms with E-state index >= 15 is 0 Å². The maximum absolute atomic E-state index is 11.2. The van der Waals surface area contributed by atoms with Gasteiger partial charge in [0.05, 0.1) is 10.6 Å². The Hall–Kier alpha value is -2.76. The zero-order chi connectivity index (χ0) is 15.6. The van der Waals surface area contributed by atoms with Crippen LogP contribution in [0.2, 0.25) is 0 Å². The lowest BCUT2D eigenvalue weighted by atomic mass is 10.00. The highest BCUT2D eigenvalue weighted by Crippen LogP contribution is 2.25. The molecule has 0 amide bonds. The largest absolute Gasteiger partial charge is 0.477 e. The average Bonchev–Trinajstić information content (AvgIpc) is 2.46. The molecule has 2 rings (SSSR count). The predicted molar refractivity (Wildman–Crippen MR) is 77.4 cm³/mol. The van der Waals surface area contributed by atoms with Crippen LogP contribution in [0.5, 0.6) is 0 Å². The van der Waals surface area contributed by atoms with Crippen molar-refractivity contribution >= 4 is 11.7 Å². The number of nitrogens with zero attached hydrogens (tertiary/aromatic N) is 2. The molecule has 0 aliphatic heterocycles. The summed E-state index contributed by atoms with van der Waals surface area (Å²) in [4.78, 5) is 25.4. The Morgan fingerprint density at radius 1 is 1.24 bits per heavy atom. The molecule has 0 spiro atoms. The molecule has 108 valence electrons. The summed E-state index contributed by atoms with van der Waals surface area (Å²) < 4.78 is 0. The molecule has 1 aromatic heterocycles. The monoisotopic (exact) mass is 286 g/mol. The topological polar surface area (TPSA) is 93.3 Å². The van der Waals surface area contributed by atoms with Gasteiger partial charge in [-0.15, -0.1) is 0 Å². The lowest BCUT2D eigenvalue weighted by molar-refractivity contribution is -0.384. The first-order chi connectivity index (χ1) is 9.88.